The van der Waals surface area contributed by atoms with Gasteiger partial charge in [-0.2, -0.15) is 5.06 Å². The second-order valence-electron chi connectivity index (χ2n) is 5.62. The fourth-order valence-electron chi connectivity index (χ4n) is 2.68. The van der Waals surface area contributed by atoms with Gasteiger partial charge in [0.1, 0.15) is 0 Å². The molecule has 2 fully saturated rings. The van der Waals surface area contributed by atoms with Crippen LogP contribution in [0.5, 0.6) is 0 Å². The van der Waals surface area contributed by atoms with Gasteiger partial charge in [0.15, 0.2) is 0 Å². The van der Waals surface area contributed by atoms with Gasteiger partial charge in [-0.15, -0.1) is 0 Å². The third-order valence-electron chi connectivity index (χ3n) is 4.37. The van der Waals surface area contributed by atoms with E-state index in [1.807, 2.05) is 13.8 Å². The monoisotopic (exact) mass is 270 g/mol. The predicted octanol–water partition coefficient (Wildman–Crippen LogP) is 1.83. The van der Waals surface area contributed by atoms with Crippen LogP contribution in [0.3, 0.4) is 0 Å². The van der Waals surface area contributed by atoms with Crippen molar-refractivity contribution in [2.24, 2.45) is 11.3 Å². The summed E-state index contributed by atoms with van der Waals surface area (Å²) in [5.41, 5.74) is -0.415. The van der Waals surface area contributed by atoms with Crippen molar-refractivity contribution >= 4 is 12.0 Å². The number of urea groups is 1. The van der Waals surface area contributed by atoms with Gasteiger partial charge in [-0.1, -0.05) is 13.8 Å². The highest BCUT2D eigenvalue weighted by Crippen LogP contribution is 2.40. The molecule has 2 aliphatic rings. The number of hydrogen-bond donors (Lipinski definition) is 1. The van der Waals surface area contributed by atoms with Gasteiger partial charge in [0.25, 0.3) is 0 Å². The lowest BCUT2D eigenvalue weighted by molar-refractivity contribution is -0.245. The zero-order valence-electron chi connectivity index (χ0n) is 11.8. The van der Waals surface area contributed by atoms with Crippen LogP contribution in [0, 0.1) is 11.3 Å². The molecular formula is C13H22N2O4. The van der Waals surface area contributed by atoms with E-state index < -0.39 is 17.7 Å². The SMILES string of the molecule is CCC1(CC)CN(C)C(=O)N(O)C1OC(=O)C1CC1. The Kier molecular flexibility index (Phi) is 3.71. The van der Waals surface area contributed by atoms with Crippen molar-refractivity contribution in [3.05, 3.63) is 0 Å². The number of amides is 2. The van der Waals surface area contributed by atoms with Crippen LogP contribution in [0.2, 0.25) is 0 Å². The Balaban J connectivity index is 2.21. The van der Waals surface area contributed by atoms with Crippen LogP contribution in [-0.4, -0.2) is 47.0 Å². The molecule has 1 saturated heterocycles. The van der Waals surface area contributed by atoms with Gasteiger partial charge in [-0.25, -0.2) is 4.79 Å². The molecule has 0 aromatic rings. The molecule has 19 heavy (non-hydrogen) atoms. The van der Waals surface area contributed by atoms with Crippen molar-refractivity contribution in [1.29, 1.82) is 0 Å². The van der Waals surface area contributed by atoms with Crippen LogP contribution in [0.1, 0.15) is 39.5 Å². The van der Waals surface area contributed by atoms with Gasteiger partial charge >= 0.3 is 12.0 Å². The summed E-state index contributed by atoms with van der Waals surface area (Å²) in [6.45, 7) is 4.45. The topological polar surface area (TPSA) is 70.1 Å². The average molecular weight is 270 g/mol. The molecule has 6 heteroatoms. The Morgan fingerprint density at radius 3 is 2.47 bits per heavy atom. The first-order chi connectivity index (χ1) is 8.95. The minimum atomic E-state index is -0.876. The van der Waals surface area contributed by atoms with E-state index >= 15 is 0 Å². The number of rotatable bonds is 4. The smallest absolute Gasteiger partial charge is 0.346 e. The minimum Gasteiger partial charge on any atom is -0.438 e. The molecule has 6 nitrogen and oxygen atoms in total. The van der Waals surface area contributed by atoms with Gasteiger partial charge in [0, 0.05) is 19.0 Å². The fourth-order valence-corrected chi connectivity index (χ4v) is 2.68. The first kappa shape index (κ1) is 14.1. The number of ether oxygens (including phenoxy) is 1. The van der Waals surface area contributed by atoms with E-state index in [4.69, 9.17) is 4.74 Å². The van der Waals surface area contributed by atoms with Crippen LogP contribution < -0.4 is 0 Å². The van der Waals surface area contributed by atoms with Crippen molar-refractivity contribution < 1.29 is 19.5 Å². The molecule has 1 aliphatic heterocycles. The normalized spacial score (nSPS) is 26.5. The summed E-state index contributed by atoms with van der Waals surface area (Å²) in [5, 5.41) is 10.6. The molecular weight excluding hydrogens is 248 g/mol. The van der Waals surface area contributed by atoms with Crippen molar-refractivity contribution in [3.8, 4) is 0 Å². The van der Waals surface area contributed by atoms with E-state index in [0.29, 0.717) is 11.6 Å². The minimum absolute atomic E-state index is 0.0467. The predicted molar refractivity (Wildman–Crippen MR) is 67.3 cm³/mol. The highest BCUT2D eigenvalue weighted by Gasteiger charge is 2.51. The third-order valence-corrected chi connectivity index (χ3v) is 4.37. The Labute approximate surface area is 113 Å². The van der Waals surface area contributed by atoms with E-state index in [-0.39, 0.29) is 11.9 Å². The van der Waals surface area contributed by atoms with Crippen LogP contribution in [0.15, 0.2) is 0 Å². The van der Waals surface area contributed by atoms with Gasteiger partial charge in [0.2, 0.25) is 6.23 Å². The summed E-state index contributed by atoms with van der Waals surface area (Å²) in [5.74, 6) is -0.345. The van der Waals surface area contributed by atoms with Crippen LogP contribution in [-0.2, 0) is 9.53 Å². The van der Waals surface area contributed by atoms with Crippen molar-refractivity contribution in [2.75, 3.05) is 13.6 Å². The number of nitrogens with zero attached hydrogens (tertiary/aromatic N) is 2. The van der Waals surface area contributed by atoms with E-state index in [9.17, 15) is 14.8 Å². The molecule has 1 atom stereocenters. The second kappa shape index (κ2) is 5.00. The lowest BCUT2D eigenvalue weighted by atomic mass is 9.78. The summed E-state index contributed by atoms with van der Waals surface area (Å²) < 4.78 is 5.43. The molecule has 2 amide bonds. The average Bonchev–Trinajstić information content (AvgIpc) is 3.23. The lowest BCUT2D eigenvalue weighted by Gasteiger charge is -2.48. The van der Waals surface area contributed by atoms with E-state index in [1.165, 1.54) is 4.90 Å². The van der Waals surface area contributed by atoms with Crippen LogP contribution in [0.25, 0.3) is 0 Å². The quantitative estimate of drug-likeness (QED) is 0.625. The van der Waals surface area contributed by atoms with E-state index in [1.54, 1.807) is 7.05 Å². The molecule has 1 N–H and O–H groups in total. The third kappa shape index (κ3) is 2.41. The number of hydrogen-bond acceptors (Lipinski definition) is 4. The zero-order valence-corrected chi connectivity index (χ0v) is 11.8. The van der Waals surface area contributed by atoms with Crippen molar-refractivity contribution in [1.82, 2.24) is 9.96 Å². The second-order valence-corrected chi connectivity index (χ2v) is 5.62. The molecule has 1 heterocycles. The molecule has 0 bridgehead atoms. The van der Waals surface area contributed by atoms with Gasteiger partial charge < -0.3 is 9.64 Å². The highest BCUT2D eigenvalue weighted by molar-refractivity contribution is 5.77. The summed E-state index contributed by atoms with van der Waals surface area (Å²) >= 11 is 0. The maximum absolute atomic E-state index is 11.8. The Morgan fingerprint density at radius 2 is 2.00 bits per heavy atom. The molecule has 1 aliphatic carbocycles. The van der Waals surface area contributed by atoms with Crippen LogP contribution >= 0.6 is 0 Å². The maximum Gasteiger partial charge on any atom is 0.346 e. The number of hydroxylamine groups is 2. The van der Waals surface area contributed by atoms with E-state index in [2.05, 4.69) is 0 Å². The maximum atomic E-state index is 11.8. The Morgan fingerprint density at radius 1 is 1.42 bits per heavy atom. The largest absolute Gasteiger partial charge is 0.438 e. The molecule has 1 saturated carbocycles. The van der Waals surface area contributed by atoms with Gasteiger partial charge in [-0.05, 0) is 25.7 Å². The van der Waals surface area contributed by atoms with Crippen LogP contribution in [0.4, 0.5) is 4.79 Å². The first-order valence-electron chi connectivity index (χ1n) is 6.89. The van der Waals surface area contributed by atoms with E-state index in [0.717, 1.165) is 25.7 Å². The Bertz CT molecular complexity index is 377. The summed E-state index contributed by atoms with van der Waals surface area (Å²) in [6.07, 6.45) is 2.26. The van der Waals surface area contributed by atoms with Crippen molar-refractivity contribution in [2.45, 2.75) is 45.8 Å². The summed E-state index contributed by atoms with van der Waals surface area (Å²) in [7, 11) is 1.64. The molecule has 0 spiro atoms. The number of esters is 1. The molecule has 2 rings (SSSR count). The molecule has 0 aromatic carbocycles. The number of carbonyl (C=O) groups excluding carboxylic acids is 2. The molecule has 0 aromatic heterocycles. The zero-order chi connectivity index (χ0) is 14.2. The fraction of sp³-hybridized carbons (Fsp3) is 0.846. The van der Waals surface area contributed by atoms with Crippen molar-refractivity contribution in [3.63, 3.8) is 0 Å². The molecule has 108 valence electrons. The summed E-state index contributed by atoms with van der Waals surface area (Å²) in [4.78, 5) is 25.1. The summed E-state index contributed by atoms with van der Waals surface area (Å²) in [6, 6.07) is -0.522. The Hall–Kier alpha value is -1.30. The first-order valence-corrected chi connectivity index (χ1v) is 6.89. The standard InChI is InChI=1S/C13H22N2O4/c1-4-13(5-2)8-14(3)12(17)15(18)11(13)19-10(16)9-6-7-9/h9,11,18H,4-8H2,1-3H3. The van der Waals surface area contributed by atoms with Gasteiger partial charge in [-0.3, -0.25) is 10.0 Å². The highest BCUT2D eigenvalue weighted by atomic mass is 16.6. The van der Waals surface area contributed by atoms with Gasteiger partial charge in [0.05, 0.1) is 5.92 Å². The molecule has 0 radical (unpaired) electrons. The molecule has 1 unspecified atom stereocenters. The number of carbonyl (C=O) groups is 2. The lowest BCUT2D eigenvalue weighted by Crippen LogP contribution is -2.63.